The quantitative estimate of drug-likeness (QED) is 0.486. The zero-order valence-electron chi connectivity index (χ0n) is 17.6. The zero-order chi connectivity index (χ0) is 20.8. The van der Waals surface area contributed by atoms with E-state index in [9.17, 15) is 4.79 Å². The Kier molecular flexibility index (Phi) is 6.71. The maximum Gasteiger partial charge on any atom is 0.255 e. The molecule has 0 aliphatic heterocycles. The Hall–Kier alpha value is -3.07. The van der Waals surface area contributed by atoms with Crippen LogP contribution >= 0.6 is 0 Å². The lowest BCUT2D eigenvalue weighted by atomic mass is 9.92. The zero-order valence-corrected chi connectivity index (χ0v) is 17.6. The van der Waals surface area contributed by atoms with Gasteiger partial charge in [0, 0.05) is 11.3 Å². The number of amides is 1. The molecule has 29 heavy (non-hydrogen) atoms. The molecule has 0 heterocycles. The molecule has 0 aliphatic carbocycles. The first kappa shape index (κ1) is 20.7. The van der Waals surface area contributed by atoms with Crippen molar-refractivity contribution in [3.05, 3.63) is 95.1 Å². The first-order valence-electron chi connectivity index (χ1n) is 10.2. The Labute approximate surface area is 173 Å². The van der Waals surface area contributed by atoms with E-state index in [4.69, 9.17) is 4.74 Å². The van der Waals surface area contributed by atoms with Crippen LogP contribution in [0.4, 0.5) is 5.69 Å². The highest BCUT2D eigenvalue weighted by Crippen LogP contribution is 2.32. The van der Waals surface area contributed by atoms with E-state index in [-0.39, 0.29) is 5.91 Å². The molecule has 3 nitrogen and oxygen atoms in total. The van der Waals surface area contributed by atoms with Gasteiger partial charge in [-0.1, -0.05) is 76.2 Å². The van der Waals surface area contributed by atoms with Crippen molar-refractivity contribution in [2.24, 2.45) is 0 Å². The molecule has 0 bridgehead atoms. The van der Waals surface area contributed by atoms with Crippen LogP contribution in [-0.2, 0) is 6.61 Å². The molecule has 0 atom stereocenters. The second-order valence-corrected chi connectivity index (χ2v) is 7.87. The van der Waals surface area contributed by atoms with Crippen LogP contribution in [0.1, 0.15) is 66.6 Å². The maximum absolute atomic E-state index is 12.9. The van der Waals surface area contributed by atoms with Gasteiger partial charge in [0.05, 0.1) is 0 Å². The molecular formula is C26H29NO2. The largest absolute Gasteiger partial charge is 0.489 e. The highest BCUT2D eigenvalue weighted by molar-refractivity contribution is 6.05. The summed E-state index contributed by atoms with van der Waals surface area (Å²) in [6.07, 6.45) is 0. The summed E-state index contributed by atoms with van der Waals surface area (Å²) in [5.41, 5.74) is 4.94. The molecule has 1 amide bonds. The summed E-state index contributed by atoms with van der Waals surface area (Å²) < 4.78 is 5.77. The van der Waals surface area contributed by atoms with Gasteiger partial charge in [-0.15, -0.1) is 0 Å². The topological polar surface area (TPSA) is 38.3 Å². The molecule has 0 radical (unpaired) electrons. The summed E-state index contributed by atoms with van der Waals surface area (Å²) >= 11 is 0. The minimum absolute atomic E-state index is 0.0875. The van der Waals surface area contributed by atoms with E-state index in [2.05, 4.69) is 51.2 Å². The highest BCUT2D eigenvalue weighted by Gasteiger charge is 2.16. The molecule has 0 spiro atoms. The number of ether oxygens (including phenoxy) is 1. The van der Waals surface area contributed by atoms with Gasteiger partial charge in [-0.3, -0.25) is 4.79 Å². The third kappa shape index (κ3) is 5.26. The Morgan fingerprint density at radius 2 is 1.38 bits per heavy atom. The first-order valence-corrected chi connectivity index (χ1v) is 10.2. The second-order valence-electron chi connectivity index (χ2n) is 7.87. The van der Waals surface area contributed by atoms with Crippen molar-refractivity contribution < 1.29 is 9.53 Å². The van der Waals surface area contributed by atoms with Crippen LogP contribution < -0.4 is 10.1 Å². The van der Waals surface area contributed by atoms with E-state index in [0.717, 1.165) is 28.1 Å². The molecular weight excluding hydrogens is 358 g/mol. The lowest BCUT2D eigenvalue weighted by Crippen LogP contribution is -2.16. The number of hydrogen-bond donors (Lipinski definition) is 1. The summed E-state index contributed by atoms with van der Waals surface area (Å²) in [6.45, 7) is 9.07. The fourth-order valence-electron chi connectivity index (χ4n) is 3.32. The van der Waals surface area contributed by atoms with Crippen molar-refractivity contribution in [2.75, 3.05) is 5.32 Å². The standard InChI is InChI=1S/C26H29NO2/c1-18(2)23-11-8-12-24(19(3)4)25(23)27-26(28)21-15-13-20(14-16-21)17-29-22-9-6-5-7-10-22/h5-16,18-19H,17H2,1-4H3,(H,27,28). The monoisotopic (exact) mass is 387 g/mol. The summed E-state index contributed by atoms with van der Waals surface area (Å²) in [4.78, 5) is 12.9. The van der Waals surface area contributed by atoms with Crippen molar-refractivity contribution >= 4 is 11.6 Å². The number of carbonyl (C=O) groups excluding carboxylic acids is 1. The van der Waals surface area contributed by atoms with Crippen molar-refractivity contribution in [3.63, 3.8) is 0 Å². The number of hydrogen-bond acceptors (Lipinski definition) is 2. The van der Waals surface area contributed by atoms with Gasteiger partial charge >= 0.3 is 0 Å². The van der Waals surface area contributed by atoms with Gasteiger partial charge in [-0.05, 0) is 52.8 Å². The molecule has 0 unspecified atom stereocenters. The van der Waals surface area contributed by atoms with E-state index >= 15 is 0 Å². The van der Waals surface area contributed by atoms with Gasteiger partial charge in [0.15, 0.2) is 0 Å². The van der Waals surface area contributed by atoms with Gasteiger partial charge in [-0.25, -0.2) is 0 Å². The lowest BCUT2D eigenvalue weighted by molar-refractivity contribution is 0.102. The molecule has 3 rings (SSSR count). The summed E-state index contributed by atoms with van der Waals surface area (Å²) in [7, 11) is 0. The van der Waals surface area contributed by atoms with Gasteiger partial charge in [0.1, 0.15) is 12.4 Å². The maximum atomic E-state index is 12.9. The Balaban J connectivity index is 1.73. The fraction of sp³-hybridized carbons (Fsp3) is 0.269. The van der Waals surface area contributed by atoms with E-state index in [1.54, 1.807) is 0 Å². The Morgan fingerprint density at radius 1 is 0.793 bits per heavy atom. The molecule has 0 saturated heterocycles. The third-order valence-electron chi connectivity index (χ3n) is 4.98. The second kappa shape index (κ2) is 9.42. The van der Waals surface area contributed by atoms with E-state index in [0.29, 0.717) is 24.0 Å². The third-order valence-corrected chi connectivity index (χ3v) is 4.98. The van der Waals surface area contributed by atoms with Crippen LogP contribution in [0.15, 0.2) is 72.8 Å². The number of carbonyl (C=O) groups is 1. The molecule has 0 aromatic heterocycles. The van der Waals surface area contributed by atoms with Crippen molar-refractivity contribution in [1.82, 2.24) is 0 Å². The number of anilines is 1. The van der Waals surface area contributed by atoms with Crippen molar-refractivity contribution in [3.8, 4) is 5.75 Å². The molecule has 1 N–H and O–H groups in total. The molecule has 0 saturated carbocycles. The van der Waals surface area contributed by atoms with Crippen LogP contribution in [0, 0.1) is 0 Å². The van der Waals surface area contributed by atoms with Gasteiger partial charge in [0.2, 0.25) is 0 Å². The molecule has 0 fully saturated rings. The Bertz CT molecular complexity index is 918. The van der Waals surface area contributed by atoms with E-state index < -0.39 is 0 Å². The van der Waals surface area contributed by atoms with Crippen molar-refractivity contribution in [2.45, 2.75) is 46.1 Å². The number of para-hydroxylation sites is 2. The van der Waals surface area contributed by atoms with Crippen LogP contribution in [0.3, 0.4) is 0 Å². The van der Waals surface area contributed by atoms with Gasteiger partial charge < -0.3 is 10.1 Å². The molecule has 0 aliphatic rings. The lowest BCUT2D eigenvalue weighted by Gasteiger charge is -2.20. The predicted octanol–water partition coefficient (Wildman–Crippen LogP) is 6.76. The normalized spacial score (nSPS) is 11.0. The molecule has 3 heteroatoms. The van der Waals surface area contributed by atoms with E-state index in [1.165, 1.54) is 0 Å². The molecule has 3 aromatic carbocycles. The minimum Gasteiger partial charge on any atom is -0.489 e. The summed E-state index contributed by atoms with van der Waals surface area (Å²) in [5.74, 6) is 1.42. The number of nitrogens with one attached hydrogen (secondary N) is 1. The van der Waals surface area contributed by atoms with Crippen LogP contribution in [-0.4, -0.2) is 5.91 Å². The summed E-state index contributed by atoms with van der Waals surface area (Å²) in [5, 5.41) is 3.17. The van der Waals surface area contributed by atoms with Crippen molar-refractivity contribution in [1.29, 1.82) is 0 Å². The van der Waals surface area contributed by atoms with Crippen LogP contribution in [0.25, 0.3) is 0 Å². The van der Waals surface area contributed by atoms with Crippen LogP contribution in [0.5, 0.6) is 5.75 Å². The smallest absolute Gasteiger partial charge is 0.255 e. The molecule has 3 aromatic rings. The minimum atomic E-state index is -0.0875. The molecule has 150 valence electrons. The average Bonchev–Trinajstić information content (AvgIpc) is 2.73. The van der Waals surface area contributed by atoms with E-state index in [1.807, 2.05) is 54.6 Å². The fourth-order valence-corrected chi connectivity index (χ4v) is 3.32. The first-order chi connectivity index (χ1) is 14.0. The highest BCUT2D eigenvalue weighted by atomic mass is 16.5. The predicted molar refractivity (Wildman–Crippen MR) is 120 cm³/mol. The average molecular weight is 388 g/mol. The van der Waals surface area contributed by atoms with Gasteiger partial charge in [0.25, 0.3) is 5.91 Å². The SMILES string of the molecule is CC(C)c1cccc(C(C)C)c1NC(=O)c1ccc(COc2ccccc2)cc1. The number of benzene rings is 3. The number of rotatable bonds is 7. The van der Waals surface area contributed by atoms with Gasteiger partial charge in [-0.2, -0.15) is 0 Å². The summed E-state index contributed by atoms with van der Waals surface area (Å²) in [6, 6.07) is 23.6. The van der Waals surface area contributed by atoms with Crippen LogP contribution in [0.2, 0.25) is 0 Å². The Morgan fingerprint density at radius 3 is 1.93 bits per heavy atom.